The fraction of sp³-hybridized carbons (Fsp3) is 0.243. The molecule has 0 saturated carbocycles. The summed E-state index contributed by atoms with van der Waals surface area (Å²) in [5, 5.41) is 3.94. The van der Waals surface area contributed by atoms with Crippen LogP contribution in [0, 0.1) is 25.0 Å². The van der Waals surface area contributed by atoms with Gasteiger partial charge in [-0.15, -0.1) is 53.6 Å². The van der Waals surface area contributed by atoms with Crippen LogP contribution in [0.25, 0.3) is 54.0 Å². The van der Waals surface area contributed by atoms with E-state index in [2.05, 4.69) is 103 Å². The average molecular weight is 804 g/mol. The van der Waals surface area contributed by atoms with Crippen LogP contribution in [0.3, 0.4) is 0 Å². The van der Waals surface area contributed by atoms with Gasteiger partial charge >= 0.3 is 0 Å². The molecule has 0 bridgehead atoms. The van der Waals surface area contributed by atoms with Gasteiger partial charge in [0.15, 0.2) is 0 Å². The van der Waals surface area contributed by atoms with E-state index in [1.54, 1.807) is 17.5 Å². The molecule has 0 spiro atoms. The molecule has 0 atom stereocenters. The molecule has 2 aromatic carbocycles. The van der Waals surface area contributed by atoms with Crippen LogP contribution >= 0.6 is 11.3 Å². The molecule has 5 aromatic heterocycles. The van der Waals surface area contributed by atoms with E-state index in [0.29, 0.717) is 5.92 Å². The van der Waals surface area contributed by atoms with Gasteiger partial charge in [0.25, 0.3) is 0 Å². The summed E-state index contributed by atoms with van der Waals surface area (Å²) in [6.45, 7) is 13.9. The maximum Gasteiger partial charge on any atom is 0.113 e. The van der Waals surface area contributed by atoms with E-state index < -0.39 is 8.07 Å². The van der Waals surface area contributed by atoms with Crippen molar-refractivity contribution in [2.24, 2.45) is 13.0 Å². The van der Waals surface area contributed by atoms with Crippen molar-refractivity contribution in [1.82, 2.24) is 24.5 Å². The smallest absolute Gasteiger partial charge is 0.113 e. The molecular formula is C37H37IrN5SSi-2. The minimum absolute atomic E-state index is 0. The second kappa shape index (κ2) is 13.4. The molecule has 0 fully saturated rings. The first kappa shape index (κ1) is 32.8. The van der Waals surface area contributed by atoms with Gasteiger partial charge in [0.05, 0.1) is 31.1 Å². The summed E-state index contributed by atoms with van der Waals surface area (Å²) < 4.78 is 3.27. The number of nitrogens with zero attached hydrogens (tertiary/aromatic N) is 5. The van der Waals surface area contributed by atoms with Crippen molar-refractivity contribution in [2.45, 2.75) is 46.8 Å². The fourth-order valence-corrected chi connectivity index (χ4v) is 8.53. The second-order valence-corrected chi connectivity index (χ2v) is 18.8. The summed E-state index contributed by atoms with van der Waals surface area (Å²) in [6.07, 6.45) is 8.71. The molecule has 0 unspecified atom stereocenters. The largest absolute Gasteiger partial charge is 0.366 e. The number of hydrogen-bond acceptors (Lipinski definition) is 5. The first-order valence-corrected chi connectivity index (χ1v) is 19.3. The molecule has 0 saturated heterocycles. The van der Waals surface area contributed by atoms with Gasteiger partial charge in [-0.2, -0.15) is 11.3 Å². The fourth-order valence-electron chi connectivity index (χ4n) is 5.72. The summed E-state index contributed by atoms with van der Waals surface area (Å²) >= 11 is 1.70. The molecule has 0 aliphatic carbocycles. The van der Waals surface area contributed by atoms with Gasteiger partial charge in [0.1, 0.15) is 4.83 Å². The van der Waals surface area contributed by atoms with Crippen molar-refractivity contribution in [1.29, 1.82) is 0 Å². The third-order valence-corrected chi connectivity index (χ3v) is 11.0. The zero-order chi connectivity index (χ0) is 31.0. The maximum absolute atomic E-state index is 4.81. The Labute approximate surface area is 284 Å². The Bertz CT molecular complexity index is 2090. The number of benzene rings is 2. The normalized spacial score (nSPS) is 11.6. The first-order valence-electron chi connectivity index (χ1n) is 15.0. The molecule has 1 radical (unpaired) electrons. The third kappa shape index (κ3) is 6.70. The van der Waals surface area contributed by atoms with Crippen molar-refractivity contribution in [2.75, 3.05) is 0 Å². The predicted octanol–water partition coefficient (Wildman–Crippen LogP) is 8.80. The van der Waals surface area contributed by atoms with Crippen LogP contribution < -0.4 is 5.19 Å². The monoisotopic (exact) mass is 804 g/mol. The van der Waals surface area contributed by atoms with E-state index in [0.717, 1.165) is 44.9 Å². The summed E-state index contributed by atoms with van der Waals surface area (Å²) in [7, 11) is 0.684. The van der Waals surface area contributed by atoms with E-state index in [9.17, 15) is 0 Å². The molecule has 0 N–H and O–H groups in total. The predicted molar refractivity (Wildman–Crippen MR) is 188 cm³/mol. The van der Waals surface area contributed by atoms with Crippen LogP contribution in [-0.4, -0.2) is 32.6 Å². The van der Waals surface area contributed by atoms with Crippen LogP contribution in [0.2, 0.25) is 19.6 Å². The number of aryl methyl sites for hydroxylation is 2. The van der Waals surface area contributed by atoms with Gasteiger partial charge in [-0.3, -0.25) is 9.97 Å². The summed E-state index contributed by atoms with van der Waals surface area (Å²) in [6, 6.07) is 25.2. The quantitative estimate of drug-likeness (QED) is 0.129. The van der Waals surface area contributed by atoms with Gasteiger partial charge in [-0.1, -0.05) is 69.1 Å². The Kier molecular flexibility index (Phi) is 9.80. The molecule has 45 heavy (non-hydrogen) atoms. The van der Waals surface area contributed by atoms with Gasteiger partial charge in [-0.05, 0) is 40.1 Å². The molecule has 231 valence electrons. The van der Waals surface area contributed by atoms with Crippen LogP contribution in [-0.2, 0) is 33.6 Å². The summed E-state index contributed by atoms with van der Waals surface area (Å²) in [4.78, 5) is 19.3. The molecule has 7 aromatic rings. The Balaban J connectivity index is 0.000000177. The number of hydrogen-bond donors (Lipinski definition) is 0. The van der Waals surface area contributed by atoms with Crippen LogP contribution in [0.1, 0.15) is 25.0 Å². The maximum atomic E-state index is 4.81. The minimum Gasteiger partial charge on any atom is -0.366 e. The molecular weight excluding hydrogens is 767 g/mol. The van der Waals surface area contributed by atoms with Crippen molar-refractivity contribution < 1.29 is 20.1 Å². The molecule has 8 heteroatoms. The number of fused-ring (bicyclic) bond motifs is 4. The van der Waals surface area contributed by atoms with E-state index in [4.69, 9.17) is 4.98 Å². The average Bonchev–Trinajstić information content (AvgIpc) is 3.56. The number of imidazole rings is 1. The van der Waals surface area contributed by atoms with Crippen molar-refractivity contribution in [3.63, 3.8) is 0 Å². The second-order valence-electron chi connectivity index (χ2n) is 12.7. The zero-order valence-electron chi connectivity index (χ0n) is 26.8. The Morgan fingerprint density at radius 2 is 1.80 bits per heavy atom. The minimum atomic E-state index is -1.34. The number of aromatic nitrogens is 5. The SMILES string of the molecule is CC(C)Cc1cc(-c2[c-]cccc2)ncc1[Si](C)(C)C.Cc1c[c-]c(-c2nc3ccncc3n2C)c2sc3ncccc3c12.[Ir]. The van der Waals surface area contributed by atoms with E-state index in [-0.39, 0.29) is 20.1 Å². The van der Waals surface area contributed by atoms with Crippen LogP contribution in [0.4, 0.5) is 0 Å². The van der Waals surface area contributed by atoms with Crippen molar-refractivity contribution in [3.8, 4) is 22.6 Å². The third-order valence-electron chi connectivity index (χ3n) is 7.84. The Morgan fingerprint density at radius 3 is 2.51 bits per heavy atom. The Hall–Kier alpha value is -3.55. The summed E-state index contributed by atoms with van der Waals surface area (Å²) in [5.41, 5.74) is 7.81. The van der Waals surface area contributed by atoms with Crippen molar-refractivity contribution in [3.05, 3.63) is 103 Å². The molecule has 5 nitrogen and oxygen atoms in total. The van der Waals surface area contributed by atoms with E-state index in [1.807, 2.05) is 49.8 Å². The topological polar surface area (TPSA) is 56.5 Å². The molecule has 5 heterocycles. The molecule has 7 rings (SSSR count). The van der Waals surface area contributed by atoms with E-state index in [1.165, 1.54) is 31.8 Å². The standard InChI is InChI=1S/C19H13N4S.C18H24NSi.Ir/c1-11-5-6-13(17-16(11)12-4-3-8-21-19(12)24-17)18-22-14-7-9-20-10-15(14)23(18)2;1-14(2)11-16-12-17(15-9-7-6-8-10-15)19-13-18(16)20(3,4)5;/h3-5,7-10H,1-2H3;6-9,12-14H,11H2,1-5H3;/q2*-1;. The molecule has 0 amide bonds. The zero-order valence-corrected chi connectivity index (χ0v) is 31.0. The Morgan fingerprint density at radius 1 is 0.978 bits per heavy atom. The van der Waals surface area contributed by atoms with Gasteiger partial charge in [0.2, 0.25) is 0 Å². The van der Waals surface area contributed by atoms with E-state index >= 15 is 0 Å². The molecule has 0 aliphatic rings. The number of pyridine rings is 3. The van der Waals surface area contributed by atoms with Crippen LogP contribution in [0.5, 0.6) is 0 Å². The van der Waals surface area contributed by atoms with Crippen molar-refractivity contribution >= 4 is 55.9 Å². The van der Waals surface area contributed by atoms with Crippen LogP contribution in [0.15, 0.2) is 79.4 Å². The van der Waals surface area contributed by atoms with Gasteiger partial charge in [-0.25, -0.2) is 4.98 Å². The summed E-state index contributed by atoms with van der Waals surface area (Å²) in [5.74, 6) is 1.58. The molecule has 0 aliphatic heterocycles. The number of rotatable bonds is 5. The number of thiophene rings is 1. The van der Waals surface area contributed by atoms with Gasteiger partial charge in [0, 0.05) is 51.1 Å². The van der Waals surface area contributed by atoms with Gasteiger partial charge < -0.3 is 9.55 Å². The first-order chi connectivity index (χ1) is 21.1.